The fourth-order valence-corrected chi connectivity index (χ4v) is 4.20. The van der Waals surface area contributed by atoms with Gasteiger partial charge in [-0.3, -0.25) is 4.79 Å². The summed E-state index contributed by atoms with van der Waals surface area (Å²) in [7, 11) is 1.60. The summed E-state index contributed by atoms with van der Waals surface area (Å²) in [5.74, 6) is 0.772. The molecule has 1 amide bonds. The first kappa shape index (κ1) is 20.9. The Hall–Kier alpha value is -3.39. The summed E-state index contributed by atoms with van der Waals surface area (Å²) in [6.07, 6.45) is 0. The van der Waals surface area contributed by atoms with Gasteiger partial charge in [-0.15, -0.1) is 5.10 Å². The molecule has 0 aliphatic heterocycles. The molecule has 0 spiro atoms. The van der Waals surface area contributed by atoms with E-state index in [4.69, 9.17) is 4.74 Å². The second-order valence-corrected chi connectivity index (χ2v) is 8.14. The van der Waals surface area contributed by atoms with E-state index in [1.807, 2.05) is 56.3 Å². The third-order valence-electron chi connectivity index (χ3n) is 5.00. The average Bonchev–Trinajstić information content (AvgIpc) is 3.25. The third-order valence-corrected chi connectivity index (χ3v) is 5.92. The number of hydrogen-bond donors (Lipinski definition) is 1. The van der Waals surface area contributed by atoms with Crippen LogP contribution >= 0.6 is 11.8 Å². The van der Waals surface area contributed by atoms with Crippen molar-refractivity contribution < 1.29 is 9.53 Å². The third kappa shape index (κ3) is 4.54. The molecule has 0 fully saturated rings. The van der Waals surface area contributed by atoms with Gasteiger partial charge in [0.25, 0.3) is 0 Å². The molecular weight excluding hydrogens is 410 g/mol. The molecule has 0 aliphatic carbocycles. The number of nitrogens with zero attached hydrogens (tertiary/aromatic N) is 4. The topological polar surface area (TPSA) is 81.9 Å². The summed E-state index contributed by atoms with van der Waals surface area (Å²) in [5.41, 5.74) is 2.88. The number of carbonyl (C=O) groups excluding carboxylic acids is 1. The Kier molecular flexibility index (Phi) is 6.18. The Morgan fingerprint density at radius 2 is 1.97 bits per heavy atom. The molecule has 1 heterocycles. The van der Waals surface area contributed by atoms with Crippen LogP contribution < -0.4 is 10.1 Å². The van der Waals surface area contributed by atoms with Crippen LogP contribution in [0.3, 0.4) is 0 Å². The Balaban J connectivity index is 1.46. The molecule has 0 bridgehead atoms. The molecule has 0 saturated heterocycles. The van der Waals surface area contributed by atoms with E-state index in [1.165, 1.54) is 11.8 Å². The number of thioether (sulfide) groups is 1. The van der Waals surface area contributed by atoms with Gasteiger partial charge in [0.2, 0.25) is 11.1 Å². The highest BCUT2D eigenvalue weighted by Crippen LogP contribution is 2.27. The molecule has 1 unspecified atom stereocenters. The van der Waals surface area contributed by atoms with Crippen LogP contribution in [0.1, 0.15) is 24.1 Å². The molecule has 4 aromatic rings. The van der Waals surface area contributed by atoms with Crippen LogP contribution in [0.2, 0.25) is 0 Å². The lowest BCUT2D eigenvalue weighted by atomic mass is 10.00. The van der Waals surface area contributed by atoms with Gasteiger partial charge < -0.3 is 10.1 Å². The first-order valence-corrected chi connectivity index (χ1v) is 10.9. The molecule has 0 saturated carbocycles. The van der Waals surface area contributed by atoms with Crippen LogP contribution in [0.5, 0.6) is 5.75 Å². The average molecular weight is 434 g/mol. The van der Waals surface area contributed by atoms with Gasteiger partial charge in [-0.2, -0.15) is 4.68 Å². The summed E-state index contributed by atoms with van der Waals surface area (Å²) in [6.45, 7) is 3.98. The molecular formula is C23H23N5O2S. The first-order valence-electron chi connectivity index (χ1n) is 9.90. The highest BCUT2D eigenvalue weighted by molar-refractivity contribution is 7.99. The van der Waals surface area contributed by atoms with Gasteiger partial charge in [0.1, 0.15) is 11.4 Å². The number of rotatable bonds is 7. The number of tetrazole rings is 1. The van der Waals surface area contributed by atoms with E-state index in [0.717, 1.165) is 27.6 Å². The zero-order valence-electron chi connectivity index (χ0n) is 17.6. The maximum atomic E-state index is 12.6. The minimum atomic E-state index is -0.118. The van der Waals surface area contributed by atoms with Crippen molar-refractivity contribution in [2.75, 3.05) is 12.9 Å². The fourth-order valence-electron chi connectivity index (χ4n) is 3.50. The van der Waals surface area contributed by atoms with Gasteiger partial charge in [0, 0.05) is 0 Å². The van der Waals surface area contributed by atoms with Crippen molar-refractivity contribution in [3.63, 3.8) is 0 Å². The van der Waals surface area contributed by atoms with E-state index >= 15 is 0 Å². The van der Waals surface area contributed by atoms with Gasteiger partial charge in [-0.1, -0.05) is 60.3 Å². The molecule has 1 aromatic heterocycles. The molecule has 0 radical (unpaired) electrons. The molecule has 1 N–H and O–H groups in total. The van der Waals surface area contributed by atoms with E-state index in [-0.39, 0.29) is 17.7 Å². The molecule has 0 aliphatic rings. The molecule has 8 heteroatoms. The number of ether oxygens (including phenoxy) is 1. The van der Waals surface area contributed by atoms with Crippen molar-refractivity contribution in [1.82, 2.24) is 25.5 Å². The zero-order chi connectivity index (χ0) is 21.8. The minimum Gasteiger partial charge on any atom is -0.494 e. The zero-order valence-corrected chi connectivity index (χ0v) is 18.4. The maximum Gasteiger partial charge on any atom is 0.230 e. The van der Waals surface area contributed by atoms with Crippen molar-refractivity contribution in [2.24, 2.45) is 0 Å². The maximum absolute atomic E-state index is 12.6. The highest BCUT2D eigenvalue weighted by Gasteiger charge is 2.17. The summed E-state index contributed by atoms with van der Waals surface area (Å²) in [4.78, 5) is 12.6. The number of aromatic nitrogens is 4. The molecule has 7 nitrogen and oxygen atoms in total. The van der Waals surface area contributed by atoms with Gasteiger partial charge in [0.15, 0.2) is 0 Å². The summed E-state index contributed by atoms with van der Waals surface area (Å²) >= 11 is 1.28. The molecule has 1 atom stereocenters. The normalized spacial score (nSPS) is 12.0. The van der Waals surface area contributed by atoms with Crippen molar-refractivity contribution in [3.05, 3.63) is 71.8 Å². The lowest BCUT2D eigenvalue weighted by molar-refractivity contribution is -0.119. The van der Waals surface area contributed by atoms with E-state index in [2.05, 4.69) is 39.0 Å². The lowest BCUT2D eigenvalue weighted by Gasteiger charge is -2.16. The molecule has 31 heavy (non-hydrogen) atoms. The molecule has 158 valence electrons. The second kappa shape index (κ2) is 9.18. The number of aryl methyl sites for hydroxylation is 1. The van der Waals surface area contributed by atoms with Gasteiger partial charge in [0.05, 0.1) is 18.9 Å². The van der Waals surface area contributed by atoms with Crippen LogP contribution in [0.4, 0.5) is 0 Å². The summed E-state index contributed by atoms with van der Waals surface area (Å²) in [5, 5.41) is 17.8. The quantitative estimate of drug-likeness (QED) is 0.442. The number of hydrogen-bond acceptors (Lipinski definition) is 6. The molecule has 3 aromatic carbocycles. The largest absolute Gasteiger partial charge is 0.494 e. The van der Waals surface area contributed by atoms with Crippen LogP contribution in [0.15, 0.2) is 65.8 Å². The Labute approximate surface area is 184 Å². The Bertz CT molecular complexity index is 1220. The van der Waals surface area contributed by atoms with Crippen LogP contribution in [0.25, 0.3) is 16.5 Å². The second-order valence-electron chi connectivity index (χ2n) is 7.19. The first-order chi connectivity index (χ1) is 15.1. The van der Waals surface area contributed by atoms with Crippen LogP contribution in [0, 0.1) is 6.92 Å². The number of benzene rings is 3. The monoisotopic (exact) mass is 433 g/mol. The number of methoxy groups -OCH3 is 1. The van der Waals surface area contributed by atoms with E-state index in [0.29, 0.717) is 10.9 Å². The van der Waals surface area contributed by atoms with Gasteiger partial charge in [-0.05, 0) is 58.3 Å². The minimum absolute atomic E-state index is 0.0869. The molecule has 4 rings (SSSR count). The fraction of sp³-hybridized carbons (Fsp3) is 0.217. The van der Waals surface area contributed by atoms with Crippen molar-refractivity contribution in [3.8, 4) is 11.4 Å². The lowest BCUT2D eigenvalue weighted by Crippen LogP contribution is -2.28. The van der Waals surface area contributed by atoms with Crippen molar-refractivity contribution in [1.29, 1.82) is 0 Å². The summed E-state index contributed by atoms with van der Waals surface area (Å²) < 4.78 is 7.03. The predicted octanol–water partition coefficient (Wildman–Crippen LogP) is 4.10. The van der Waals surface area contributed by atoms with Crippen molar-refractivity contribution in [2.45, 2.75) is 25.0 Å². The number of nitrogens with one attached hydrogen (secondary N) is 1. The number of carbonyl (C=O) groups is 1. The van der Waals surface area contributed by atoms with E-state index in [1.54, 1.807) is 11.8 Å². The standard InChI is InChI=1S/C23H23N5O2S/c1-15-11-12-21(30-3)20(13-15)28-23(25-26-27-28)31-14-22(29)24-16(2)18-10-6-8-17-7-4-5-9-19(17)18/h4-13,16H,14H2,1-3H3,(H,24,29). The van der Waals surface area contributed by atoms with E-state index < -0.39 is 0 Å². The van der Waals surface area contributed by atoms with Crippen LogP contribution in [-0.2, 0) is 4.79 Å². The van der Waals surface area contributed by atoms with Crippen LogP contribution in [-0.4, -0.2) is 39.0 Å². The number of amides is 1. The smallest absolute Gasteiger partial charge is 0.230 e. The Morgan fingerprint density at radius 3 is 2.81 bits per heavy atom. The Morgan fingerprint density at radius 1 is 1.16 bits per heavy atom. The van der Waals surface area contributed by atoms with E-state index in [9.17, 15) is 4.79 Å². The van der Waals surface area contributed by atoms with Crippen molar-refractivity contribution >= 4 is 28.4 Å². The number of fused-ring (bicyclic) bond motifs is 1. The summed E-state index contributed by atoms with van der Waals surface area (Å²) in [6, 6.07) is 20.0. The SMILES string of the molecule is COc1ccc(C)cc1-n1nnnc1SCC(=O)NC(C)c1cccc2ccccc12. The predicted molar refractivity (Wildman–Crippen MR) is 122 cm³/mol. The van der Waals surface area contributed by atoms with Gasteiger partial charge >= 0.3 is 0 Å². The van der Waals surface area contributed by atoms with Gasteiger partial charge in [-0.25, -0.2) is 0 Å². The highest BCUT2D eigenvalue weighted by atomic mass is 32.2.